The summed E-state index contributed by atoms with van der Waals surface area (Å²) in [5.41, 5.74) is 5.74. The van der Waals surface area contributed by atoms with Crippen molar-refractivity contribution in [2.24, 2.45) is 5.73 Å². The number of ether oxygens (including phenoxy) is 1. The molecule has 1 fully saturated rings. The van der Waals surface area contributed by atoms with Gasteiger partial charge in [0.15, 0.2) is 0 Å². The summed E-state index contributed by atoms with van der Waals surface area (Å²) in [6.07, 6.45) is 0.958. The van der Waals surface area contributed by atoms with Crippen LogP contribution in [0.15, 0.2) is 0 Å². The molecule has 0 bridgehead atoms. The van der Waals surface area contributed by atoms with Crippen LogP contribution in [0.5, 0.6) is 0 Å². The van der Waals surface area contributed by atoms with Crippen LogP contribution in [0.25, 0.3) is 0 Å². The van der Waals surface area contributed by atoms with Gasteiger partial charge in [0.25, 0.3) is 0 Å². The van der Waals surface area contributed by atoms with Gasteiger partial charge in [-0.3, -0.25) is 0 Å². The smallest absolute Gasteiger partial charge is 0.0651 e. The Balaban J connectivity index is 2.58. The zero-order valence-electron chi connectivity index (χ0n) is 6.40. The van der Waals surface area contributed by atoms with E-state index in [-0.39, 0.29) is 11.1 Å². The molecule has 2 nitrogen and oxygen atoms in total. The lowest BCUT2D eigenvalue weighted by molar-refractivity contribution is 0.0345. The van der Waals surface area contributed by atoms with Gasteiger partial charge in [-0.2, -0.15) is 0 Å². The molecule has 1 atom stereocenters. The molecule has 1 saturated heterocycles. The van der Waals surface area contributed by atoms with Crippen molar-refractivity contribution in [3.8, 4) is 0 Å². The van der Waals surface area contributed by atoms with Crippen molar-refractivity contribution < 1.29 is 4.74 Å². The molecule has 0 amide bonds. The maximum absolute atomic E-state index is 5.83. The van der Waals surface area contributed by atoms with E-state index in [1.807, 2.05) is 6.92 Å². The molecule has 2 heteroatoms. The second-order valence-corrected chi connectivity index (χ2v) is 3.88. The van der Waals surface area contributed by atoms with E-state index in [1.54, 1.807) is 0 Å². The highest BCUT2D eigenvalue weighted by Crippen LogP contribution is 2.29. The zero-order valence-corrected chi connectivity index (χ0v) is 6.40. The van der Waals surface area contributed by atoms with Crippen LogP contribution in [0.1, 0.15) is 27.2 Å². The standard InChI is InChI=1S/C7H15NO/c1-6(2)4-7(3,8)5-9-6/h4-5,8H2,1-3H3. The molecule has 1 rings (SSSR count). The van der Waals surface area contributed by atoms with Crippen LogP contribution in [-0.4, -0.2) is 17.7 Å². The molecule has 1 heterocycles. The highest BCUT2D eigenvalue weighted by atomic mass is 16.5. The molecule has 0 radical (unpaired) electrons. The Morgan fingerprint density at radius 2 is 1.89 bits per heavy atom. The second kappa shape index (κ2) is 1.70. The Morgan fingerprint density at radius 3 is 2.00 bits per heavy atom. The summed E-state index contributed by atoms with van der Waals surface area (Å²) in [5, 5.41) is 0. The summed E-state index contributed by atoms with van der Waals surface area (Å²) in [4.78, 5) is 0. The predicted molar refractivity (Wildman–Crippen MR) is 37.2 cm³/mol. The molecule has 1 aliphatic rings. The van der Waals surface area contributed by atoms with Crippen molar-refractivity contribution in [1.29, 1.82) is 0 Å². The molecule has 0 saturated carbocycles. The van der Waals surface area contributed by atoms with Crippen LogP contribution in [0, 0.1) is 0 Å². The second-order valence-electron chi connectivity index (χ2n) is 3.88. The third-order valence-electron chi connectivity index (χ3n) is 1.62. The van der Waals surface area contributed by atoms with E-state index in [4.69, 9.17) is 10.5 Å². The van der Waals surface area contributed by atoms with Gasteiger partial charge in [0.2, 0.25) is 0 Å². The van der Waals surface area contributed by atoms with Crippen molar-refractivity contribution in [1.82, 2.24) is 0 Å². The van der Waals surface area contributed by atoms with Crippen LogP contribution in [0.4, 0.5) is 0 Å². The lowest BCUT2D eigenvalue weighted by Gasteiger charge is -2.18. The maximum atomic E-state index is 5.83. The van der Waals surface area contributed by atoms with Crippen molar-refractivity contribution in [2.45, 2.75) is 38.3 Å². The summed E-state index contributed by atoms with van der Waals surface area (Å²) in [5.74, 6) is 0. The van der Waals surface area contributed by atoms with Gasteiger partial charge in [0.1, 0.15) is 0 Å². The maximum Gasteiger partial charge on any atom is 0.0651 e. The van der Waals surface area contributed by atoms with Crippen LogP contribution < -0.4 is 5.73 Å². The van der Waals surface area contributed by atoms with Gasteiger partial charge in [-0.05, 0) is 27.2 Å². The average molecular weight is 129 g/mol. The average Bonchev–Trinajstić information content (AvgIpc) is 1.78. The summed E-state index contributed by atoms with van der Waals surface area (Å²) >= 11 is 0. The van der Waals surface area contributed by atoms with Gasteiger partial charge >= 0.3 is 0 Å². The van der Waals surface area contributed by atoms with Crippen molar-refractivity contribution >= 4 is 0 Å². The van der Waals surface area contributed by atoms with Gasteiger partial charge < -0.3 is 10.5 Å². The molecule has 1 unspecified atom stereocenters. The van der Waals surface area contributed by atoms with Gasteiger partial charge in [-0.25, -0.2) is 0 Å². The molecule has 9 heavy (non-hydrogen) atoms. The van der Waals surface area contributed by atoms with E-state index in [9.17, 15) is 0 Å². The lowest BCUT2D eigenvalue weighted by atomic mass is 9.94. The molecule has 2 N–H and O–H groups in total. The van der Waals surface area contributed by atoms with Crippen LogP contribution in [0.2, 0.25) is 0 Å². The fraction of sp³-hybridized carbons (Fsp3) is 1.00. The molecular formula is C7H15NO. The highest BCUT2D eigenvalue weighted by Gasteiger charge is 2.37. The number of nitrogens with two attached hydrogens (primary N) is 1. The Labute approximate surface area is 56.4 Å². The van der Waals surface area contributed by atoms with Crippen molar-refractivity contribution in [3.63, 3.8) is 0 Å². The minimum Gasteiger partial charge on any atom is -0.374 e. The Hall–Kier alpha value is -0.0800. The van der Waals surface area contributed by atoms with Gasteiger partial charge in [-0.1, -0.05) is 0 Å². The largest absolute Gasteiger partial charge is 0.374 e. The topological polar surface area (TPSA) is 35.2 Å². The van der Waals surface area contributed by atoms with Crippen molar-refractivity contribution in [2.75, 3.05) is 6.61 Å². The first kappa shape index (κ1) is 7.03. The van der Waals surface area contributed by atoms with Crippen LogP contribution in [0.3, 0.4) is 0 Å². The SMILES string of the molecule is CC1(N)COC(C)(C)C1. The lowest BCUT2D eigenvalue weighted by Crippen LogP contribution is -2.37. The molecule has 0 aliphatic carbocycles. The van der Waals surface area contributed by atoms with E-state index < -0.39 is 0 Å². The molecule has 0 spiro atoms. The minimum atomic E-state index is -0.0938. The van der Waals surface area contributed by atoms with E-state index in [1.165, 1.54) is 0 Å². The van der Waals surface area contributed by atoms with Gasteiger partial charge in [0.05, 0.1) is 12.2 Å². The van der Waals surface area contributed by atoms with Gasteiger partial charge in [-0.15, -0.1) is 0 Å². The molecule has 54 valence electrons. The molecule has 0 aromatic rings. The Bertz CT molecular complexity index is 104. The number of rotatable bonds is 0. The Morgan fingerprint density at radius 1 is 1.33 bits per heavy atom. The van der Waals surface area contributed by atoms with Crippen LogP contribution >= 0.6 is 0 Å². The molecule has 0 aromatic carbocycles. The van der Waals surface area contributed by atoms with E-state index in [2.05, 4.69) is 13.8 Å². The van der Waals surface area contributed by atoms with Gasteiger partial charge in [0, 0.05) is 5.54 Å². The summed E-state index contributed by atoms with van der Waals surface area (Å²) in [7, 11) is 0. The van der Waals surface area contributed by atoms with E-state index in [0.717, 1.165) is 6.42 Å². The monoisotopic (exact) mass is 129 g/mol. The zero-order chi connectivity index (χ0) is 7.12. The number of hydrogen-bond donors (Lipinski definition) is 1. The molecule has 0 aromatic heterocycles. The van der Waals surface area contributed by atoms with Crippen molar-refractivity contribution in [3.05, 3.63) is 0 Å². The molecule has 1 aliphatic heterocycles. The number of hydrogen-bond acceptors (Lipinski definition) is 2. The summed E-state index contributed by atoms with van der Waals surface area (Å²) < 4.78 is 5.43. The Kier molecular flexibility index (Phi) is 1.33. The quantitative estimate of drug-likeness (QED) is 0.527. The summed E-state index contributed by atoms with van der Waals surface area (Å²) in [6, 6.07) is 0. The summed E-state index contributed by atoms with van der Waals surface area (Å²) in [6.45, 7) is 6.87. The fourth-order valence-corrected chi connectivity index (χ4v) is 1.43. The highest BCUT2D eigenvalue weighted by molar-refractivity contribution is 4.93. The van der Waals surface area contributed by atoms with Crippen LogP contribution in [-0.2, 0) is 4.74 Å². The predicted octanol–water partition coefficient (Wildman–Crippen LogP) is 0.903. The third kappa shape index (κ3) is 1.66. The first-order valence-electron chi connectivity index (χ1n) is 3.34. The fourth-order valence-electron chi connectivity index (χ4n) is 1.43. The third-order valence-corrected chi connectivity index (χ3v) is 1.62. The van der Waals surface area contributed by atoms with E-state index >= 15 is 0 Å². The molecular weight excluding hydrogens is 114 g/mol. The minimum absolute atomic E-state index is 0.00347. The first-order chi connectivity index (χ1) is 3.91. The normalized spacial score (nSPS) is 41.3. The van der Waals surface area contributed by atoms with E-state index in [0.29, 0.717) is 6.61 Å². The first-order valence-corrected chi connectivity index (χ1v) is 3.34.